The SMILES string of the molecule is CCn1c(-c2ccccc2C)nn(C[NH+]2CCN(c3ccc(F)cc3)CC2)c1=S. The minimum Gasteiger partial charge on any atom is -0.360 e. The van der Waals surface area contributed by atoms with Gasteiger partial charge in [-0.15, -0.1) is 5.10 Å². The molecule has 0 unspecified atom stereocenters. The van der Waals surface area contributed by atoms with Crippen molar-refractivity contribution in [3.63, 3.8) is 0 Å². The summed E-state index contributed by atoms with van der Waals surface area (Å²) in [6.07, 6.45) is 0. The molecule has 0 amide bonds. The zero-order valence-corrected chi connectivity index (χ0v) is 17.8. The van der Waals surface area contributed by atoms with Crippen molar-refractivity contribution >= 4 is 17.9 Å². The first-order valence-electron chi connectivity index (χ1n) is 10.1. The summed E-state index contributed by atoms with van der Waals surface area (Å²) in [5.74, 6) is 0.753. The highest BCUT2D eigenvalue weighted by molar-refractivity contribution is 7.71. The average molecular weight is 413 g/mol. The summed E-state index contributed by atoms with van der Waals surface area (Å²) in [6.45, 7) is 9.66. The van der Waals surface area contributed by atoms with Crippen molar-refractivity contribution in [3.8, 4) is 11.4 Å². The molecule has 2 heterocycles. The molecule has 4 rings (SSSR count). The van der Waals surface area contributed by atoms with Gasteiger partial charge in [-0.05, 0) is 55.9 Å². The van der Waals surface area contributed by atoms with E-state index in [4.69, 9.17) is 17.3 Å². The first kappa shape index (κ1) is 19.8. The quantitative estimate of drug-likeness (QED) is 0.654. The van der Waals surface area contributed by atoms with E-state index in [1.54, 1.807) is 0 Å². The smallest absolute Gasteiger partial charge is 0.203 e. The second-order valence-corrected chi connectivity index (χ2v) is 7.90. The number of anilines is 1. The minimum absolute atomic E-state index is 0.191. The van der Waals surface area contributed by atoms with E-state index in [1.165, 1.54) is 22.6 Å². The largest absolute Gasteiger partial charge is 0.360 e. The number of rotatable bonds is 5. The van der Waals surface area contributed by atoms with E-state index in [1.807, 2.05) is 28.9 Å². The summed E-state index contributed by atoms with van der Waals surface area (Å²) in [5.41, 5.74) is 3.42. The van der Waals surface area contributed by atoms with E-state index in [-0.39, 0.29) is 5.82 Å². The van der Waals surface area contributed by atoms with E-state index < -0.39 is 0 Å². The third-order valence-electron chi connectivity index (χ3n) is 5.66. The van der Waals surface area contributed by atoms with Crippen LogP contribution in [0.3, 0.4) is 0 Å². The lowest BCUT2D eigenvalue weighted by Crippen LogP contribution is -3.14. The van der Waals surface area contributed by atoms with Crippen LogP contribution in [0.25, 0.3) is 11.4 Å². The van der Waals surface area contributed by atoms with Crippen LogP contribution in [-0.2, 0) is 13.2 Å². The summed E-state index contributed by atoms with van der Waals surface area (Å²) in [6, 6.07) is 15.1. The zero-order valence-electron chi connectivity index (χ0n) is 16.9. The molecular formula is C22H27FN5S+. The van der Waals surface area contributed by atoms with Gasteiger partial charge >= 0.3 is 0 Å². The molecule has 0 radical (unpaired) electrons. The van der Waals surface area contributed by atoms with Crippen molar-refractivity contribution in [1.82, 2.24) is 14.3 Å². The number of piperazine rings is 1. The molecule has 7 heteroatoms. The van der Waals surface area contributed by atoms with E-state index in [0.717, 1.165) is 61.2 Å². The van der Waals surface area contributed by atoms with Gasteiger partial charge in [0.1, 0.15) is 5.82 Å². The Balaban J connectivity index is 1.49. The Morgan fingerprint density at radius 2 is 1.76 bits per heavy atom. The van der Waals surface area contributed by atoms with Crippen molar-refractivity contribution in [2.75, 3.05) is 31.1 Å². The number of benzene rings is 2. The number of nitrogens with one attached hydrogen (secondary N) is 1. The van der Waals surface area contributed by atoms with Gasteiger partial charge in [0.2, 0.25) is 4.77 Å². The average Bonchev–Trinajstić information content (AvgIpc) is 3.04. The van der Waals surface area contributed by atoms with Crippen LogP contribution in [0.15, 0.2) is 48.5 Å². The molecule has 1 fully saturated rings. The normalized spacial score (nSPS) is 15.1. The van der Waals surface area contributed by atoms with Gasteiger partial charge in [-0.2, -0.15) is 4.68 Å². The fourth-order valence-corrected chi connectivity index (χ4v) is 4.28. The monoisotopic (exact) mass is 412 g/mol. The summed E-state index contributed by atoms with van der Waals surface area (Å²) in [5, 5.41) is 4.89. The number of aryl methyl sites for hydroxylation is 1. The van der Waals surface area contributed by atoms with Gasteiger partial charge in [0.25, 0.3) is 0 Å². The summed E-state index contributed by atoms with van der Waals surface area (Å²) in [4.78, 5) is 3.77. The predicted molar refractivity (Wildman–Crippen MR) is 116 cm³/mol. The molecule has 1 aliphatic heterocycles. The van der Waals surface area contributed by atoms with Gasteiger partial charge in [-0.25, -0.2) is 4.39 Å². The van der Waals surface area contributed by atoms with Crippen LogP contribution < -0.4 is 9.80 Å². The van der Waals surface area contributed by atoms with Crippen LogP contribution in [0.5, 0.6) is 0 Å². The molecule has 0 bridgehead atoms. The van der Waals surface area contributed by atoms with Crippen molar-refractivity contribution in [1.29, 1.82) is 0 Å². The molecule has 1 aromatic heterocycles. The summed E-state index contributed by atoms with van der Waals surface area (Å²) in [7, 11) is 0. The van der Waals surface area contributed by atoms with Crippen molar-refractivity contribution in [3.05, 3.63) is 64.7 Å². The lowest BCUT2D eigenvalue weighted by molar-refractivity contribution is -0.924. The number of nitrogens with zero attached hydrogens (tertiary/aromatic N) is 4. The third-order valence-corrected chi connectivity index (χ3v) is 6.09. The molecule has 0 saturated carbocycles. The van der Waals surface area contributed by atoms with Crippen LogP contribution in [0.1, 0.15) is 12.5 Å². The molecule has 2 aromatic carbocycles. The molecule has 0 atom stereocenters. The molecule has 5 nitrogen and oxygen atoms in total. The van der Waals surface area contributed by atoms with Crippen molar-refractivity contribution < 1.29 is 9.29 Å². The maximum absolute atomic E-state index is 13.2. The molecule has 3 aromatic rings. The Morgan fingerprint density at radius 1 is 1.07 bits per heavy atom. The van der Waals surface area contributed by atoms with Crippen molar-refractivity contribution in [2.24, 2.45) is 0 Å². The lowest BCUT2D eigenvalue weighted by atomic mass is 10.1. The predicted octanol–water partition coefficient (Wildman–Crippen LogP) is 2.91. The molecule has 0 spiro atoms. The minimum atomic E-state index is -0.191. The van der Waals surface area contributed by atoms with Gasteiger partial charge in [0.15, 0.2) is 12.5 Å². The second kappa shape index (κ2) is 8.47. The first-order valence-corrected chi connectivity index (χ1v) is 10.6. The highest BCUT2D eigenvalue weighted by atomic mass is 32.1. The second-order valence-electron chi connectivity index (χ2n) is 7.54. The molecule has 152 valence electrons. The Hall–Kier alpha value is -2.51. The Kier molecular flexibility index (Phi) is 5.78. The maximum Gasteiger partial charge on any atom is 0.203 e. The number of halogens is 1. The number of aromatic nitrogens is 3. The molecular weight excluding hydrogens is 385 g/mol. The third kappa shape index (κ3) is 4.11. The van der Waals surface area contributed by atoms with Crippen LogP contribution in [-0.4, -0.2) is 40.5 Å². The molecule has 29 heavy (non-hydrogen) atoms. The summed E-state index contributed by atoms with van der Waals surface area (Å²) >= 11 is 5.74. The van der Waals surface area contributed by atoms with Crippen LogP contribution >= 0.6 is 12.2 Å². The zero-order chi connectivity index (χ0) is 20.4. The topological polar surface area (TPSA) is 30.4 Å². The first-order chi connectivity index (χ1) is 14.1. The van der Waals surface area contributed by atoms with Gasteiger partial charge in [0.05, 0.1) is 26.2 Å². The molecule has 0 aliphatic carbocycles. The summed E-state index contributed by atoms with van der Waals surface area (Å²) < 4.78 is 18.0. The van der Waals surface area contributed by atoms with E-state index >= 15 is 0 Å². The highest BCUT2D eigenvalue weighted by Gasteiger charge is 2.22. The van der Waals surface area contributed by atoms with Crippen LogP contribution in [0, 0.1) is 17.5 Å². The fourth-order valence-electron chi connectivity index (χ4n) is 3.96. The molecule has 1 N–H and O–H groups in total. The Labute approximate surface area is 176 Å². The van der Waals surface area contributed by atoms with E-state index in [9.17, 15) is 4.39 Å². The number of hydrogen-bond acceptors (Lipinski definition) is 3. The Morgan fingerprint density at radius 3 is 2.41 bits per heavy atom. The maximum atomic E-state index is 13.2. The van der Waals surface area contributed by atoms with Crippen LogP contribution in [0.4, 0.5) is 10.1 Å². The van der Waals surface area contributed by atoms with Gasteiger partial charge in [0, 0.05) is 17.8 Å². The molecule has 1 saturated heterocycles. The van der Waals surface area contributed by atoms with E-state index in [2.05, 4.69) is 35.4 Å². The fraction of sp³-hybridized carbons (Fsp3) is 0.364. The van der Waals surface area contributed by atoms with Crippen LogP contribution in [0.2, 0.25) is 0 Å². The van der Waals surface area contributed by atoms with Gasteiger partial charge < -0.3 is 14.4 Å². The van der Waals surface area contributed by atoms with Gasteiger partial charge in [-0.3, -0.25) is 0 Å². The highest BCUT2D eigenvalue weighted by Crippen LogP contribution is 2.22. The number of hydrogen-bond donors (Lipinski definition) is 1. The Bertz CT molecular complexity index is 1030. The number of quaternary nitrogens is 1. The standard InChI is InChI=1S/C22H26FN5S/c1-3-27-21(20-7-5-4-6-17(20)2)24-28(22(27)29)16-25-12-14-26(15-13-25)19-10-8-18(23)9-11-19/h4-11H,3,12-16H2,1-2H3/p+1. The van der Waals surface area contributed by atoms with Gasteiger partial charge in [-0.1, -0.05) is 24.3 Å². The van der Waals surface area contributed by atoms with E-state index in [0.29, 0.717) is 0 Å². The lowest BCUT2D eigenvalue weighted by Gasteiger charge is -2.33. The van der Waals surface area contributed by atoms with Crippen molar-refractivity contribution in [2.45, 2.75) is 27.1 Å². The molecule has 1 aliphatic rings.